The lowest BCUT2D eigenvalue weighted by molar-refractivity contribution is 0.890. The topological polar surface area (TPSA) is 335 Å². The Morgan fingerprint density at radius 1 is 0.213 bits per heavy atom. The molecule has 0 spiro atoms. The molecule has 27 heteroatoms. The molecule has 13 heterocycles. The zero-order valence-corrected chi connectivity index (χ0v) is 83.9. The number of hydrogen-bond donors (Lipinski definition) is 0. The molecule has 1 aromatic carbocycles. The van der Waals surface area contributed by atoms with Gasteiger partial charge in [-0.05, 0) is 185 Å². The minimum Gasteiger partial charge on any atom is -0.265 e. The molecule has 1 aliphatic heterocycles. The van der Waals surface area contributed by atoms with Crippen molar-refractivity contribution in [1.29, 1.82) is 0 Å². The lowest BCUT2D eigenvalue weighted by Crippen LogP contribution is -1.96. The molecule has 0 bridgehead atoms. The second kappa shape index (κ2) is 133. The van der Waals surface area contributed by atoms with E-state index < -0.39 is 0 Å². The van der Waals surface area contributed by atoms with E-state index in [1.165, 1.54) is 72.6 Å². The van der Waals surface area contributed by atoms with Crippen LogP contribution >= 0.6 is 11.8 Å². The SMILES string of the molecule is CC.CC.CC.CC.CC.CC.CC.CC.CC.CC.CC.CC.CC.CC.Cc1cccnc1.Cc1cccnn1.Cc1cccnn1.Cc1ccncc1.Cc1ccncn1.Cc1cnccn1.Cc1cncnc1.Cc1cncnn1.Cc1cnncn1.Cc1ncccn1.Cc1nccnn1.Cc1ncncn1.c1ccc2c(c1)CCCS2. The van der Waals surface area contributed by atoms with Gasteiger partial charge < -0.3 is 0 Å². The first kappa shape index (κ1) is 139. The van der Waals surface area contributed by atoms with Crippen molar-refractivity contribution in [3.8, 4) is 0 Å². The van der Waals surface area contributed by atoms with Gasteiger partial charge >= 0.3 is 0 Å². The number of benzene rings is 1. The van der Waals surface area contributed by atoms with Gasteiger partial charge in [-0.2, -0.15) is 35.7 Å². The quantitative estimate of drug-likeness (QED) is 0.136. The Morgan fingerprint density at radius 3 is 0.902 bits per heavy atom. The monoisotopic (exact) mass is 1700 g/mol. The van der Waals surface area contributed by atoms with E-state index in [0.29, 0.717) is 5.82 Å². The maximum absolute atomic E-state index is 3.92. The number of hydrogen-bond acceptors (Lipinski definition) is 27. The Morgan fingerprint density at radius 2 is 0.648 bits per heavy atom. The fourth-order valence-corrected chi connectivity index (χ4v) is 6.67. The number of pyridine rings is 2. The van der Waals surface area contributed by atoms with Crippen LogP contribution in [0.1, 0.15) is 274 Å². The second-order valence-corrected chi connectivity index (χ2v) is 19.8. The summed E-state index contributed by atoms with van der Waals surface area (Å²) in [6, 6.07) is 27.8. The first-order valence-electron chi connectivity index (χ1n) is 42.9. The number of rotatable bonds is 0. The third-order valence-electron chi connectivity index (χ3n) is 10.1. The molecule has 14 rings (SSSR count). The summed E-state index contributed by atoms with van der Waals surface area (Å²) in [6.07, 6.45) is 42.2. The number of thioether (sulfide) groups is 1. The first-order valence-corrected chi connectivity index (χ1v) is 43.9. The van der Waals surface area contributed by atoms with E-state index in [1.807, 2.05) is 343 Å². The molecule has 0 saturated heterocycles. The van der Waals surface area contributed by atoms with Crippen molar-refractivity contribution in [2.45, 2.75) is 295 Å². The van der Waals surface area contributed by atoms with Crippen LogP contribution in [0.4, 0.5) is 0 Å². The summed E-state index contributed by atoms with van der Waals surface area (Å²) in [4.78, 5) is 62.3. The summed E-state index contributed by atoms with van der Waals surface area (Å²) >= 11 is 1.99. The Hall–Kier alpha value is -11.6. The molecule has 12 aromatic heterocycles. The van der Waals surface area contributed by atoms with E-state index in [9.17, 15) is 0 Å². The minimum atomic E-state index is 0.711. The zero-order chi connectivity index (χ0) is 96.2. The predicted molar refractivity (Wildman–Crippen MR) is 521 cm³/mol. The molecule has 0 atom stereocenters. The molecule has 680 valence electrons. The highest BCUT2D eigenvalue weighted by Crippen LogP contribution is 2.29. The molecule has 0 unspecified atom stereocenters. The fraction of sp³-hybridized carbons (Fsp3) is 0.453. The molecule has 26 nitrogen and oxygen atoms in total. The van der Waals surface area contributed by atoms with Crippen molar-refractivity contribution in [3.05, 3.63) is 308 Å². The predicted octanol–water partition coefficient (Wildman–Crippen LogP) is 25.3. The van der Waals surface area contributed by atoms with Crippen molar-refractivity contribution >= 4 is 11.8 Å². The van der Waals surface area contributed by atoms with E-state index >= 15 is 0 Å². The highest BCUT2D eigenvalue weighted by atomic mass is 32.2. The Bertz CT molecular complexity index is 2910. The molecular weight excluding hydrogens is 1540 g/mol. The molecule has 0 amide bonds. The van der Waals surface area contributed by atoms with Crippen LogP contribution < -0.4 is 0 Å². The van der Waals surface area contributed by atoms with Gasteiger partial charge in [0.05, 0.1) is 47.1 Å². The van der Waals surface area contributed by atoms with Crippen molar-refractivity contribution in [2.24, 2.45) is 0 Å². The molecular formula is C95H164N26S. The second-order valence-electron chi connectivity index (χ2n) is 18.6. The number of nitrogens with zero attached hydrogens (tertiary/aromatic N) is 26. The lowest BCUT2D eigenvalue weighted by atomic mass is 10.1. The average Bonchev–Trinajstić information content (AvgIpc) is 0.871. The maximum Gasteiger partial charge on any atom is 0.147 e. The van der Waals surface area contributed by atoms with Crippen LogP contribution in [0.5, 0.6) is 0 Å². The van der Waals surface area contributed by atoms with Crippen molar-refractivity contribution in [1.82, 2.24) is 131 Å². The van der Waals surface area contributed by atoms with Gasteiger partial charge in [-0.3, -0.25) is 19.9 Å². The highest BCUT2D eigenvalue weighted by molar-refractivity contribution is 7.99. The zero-order valence-electron chi connectivity index (χ0n) is 83.1. The lowest BCUT2D eigenvalue weighted by Gasteiger charge is -2.13. The minimum absolute atomic E-state index is 0.711. The summed E-state index contributed by atoms with van der Waals surface area (Å²) in [5, 5.41) is 36.2. The maximum atomic E-state index is 3.92. The smallest absolute Gasteiger partial charge is 0.147 e. The van der Waals surface area contributed by atoms with Gasteiger partial charge in [0, 0.05) is 104 Å². The highest BCUT2D eigenvalue weighted by Gasteiger charge is 2.06. The number of aromatic nitrogens is 26. The van der Waals surface area contributed by atoms with Gasteiger partial charge in [-0.25, -0.2) is 59.8 Å². The van der Waals surface area contributed by atoms with E-state index in [4.69, 9.17) is 0 Å². The van der Waals surface area contributed by atoms with Crippen molar-refractivity contribution in [2.75, 3.05) is 5.75 Å². The van der Waals surface area contributed by atoms with Crippen LogP contribution in [0, 0.1) is 83.1 Å². The van der Waals surface area contributed by atoms with Crippen LogP contribution in [0.15, 0.2) is 239 Å². The fourth-order valence-electron chi connectivity index (χ4n) is 5.63. The van der Waals surface area contributed by atoms with Gasteiger partial charge in [0.25, 0.3) is 0 Å². The molecule has 122 heavy (non-hydrogen) atoms. The summed E-state index contributed by atoms with van der Waals surface area (Å²) in [6.45, 7) is 78.9. The first-order chi connectivity index (χ1) is 59.7. The standard InChI is InChI=1S/C9H10S.2C6H7N.6C5H6N2.4C4H5N3.14C2H6/c1-2-6-9-8(4-1)5-3-7-10-9;1-6-2-4-7-5-3-6;1-6-3-2-4-7-5-6;1-5-2-6-4-7-3-5;1-5-4-6-2-3-7-5;1-5-2-3-6-4-7-5;1-5-6-3-2-4-7-5;2*1-5-3-2-4-6-7-5;1-4-6-2-5-3-7-4;1-4-2-6-7-3-5-4;1-4-2-5-3-6-7-4;1-4-5-2-3-6-7-4;14*1-2/h1-2,4,6H,3,5,7H2;2*2-5H,1H3;6*2-4H,1H3;4*2-3H,1H3;14*1-2H3. The number of fused-ring (bicyclic) bond motifs is 1. The molecule has 0 N–H and O–H groups in total. The molecule has 0 saturated carbocycles. The van der Waals surface area contributed by atoms with Crippen LogP contribution in [0.3, 0.4) is 0 Å². The summed E-state index contributed by atoms with van der Waals surface area (Å²) in [5.74, 6) is 3.59. The average molecular weight is 1700 g/mol. The van der Waals surface area contributed by atoms with Gasteiger partial charge in [-0.15, -0.1) is 27.1 Å². The van der Waals surface area contributed by atoms with E-state index in [1.54, 1.807) is 124 Å². The molecule has 13 aromatic rings. The molecule has 0 fully saturated rings. The van der Waals surface area contributed by atoms with Gasteiger partial charge in [-0.1, -0.05) is 218 Å². The molecule has 0 radical (unpaired) electrons. The van der Waals surface area contributed by atoms with E-state index in [0.717, 1.165) is 51.4 Å². The number of aryl methyl sites for hydroxylation is 13. The van der Waals surface area contributed by atoms with Gasteiger partial charge in [0.2, 0.25) is 0 Å². The molecule has 1 aliphatic rings. The third kappa shape index (κ3) is 119. The van der Waals surface area contributed by atoms with Gasteiger partial charge in [0.15, 0.2) is 0 Å². The summed E-state index contributed by atoms with van der Waals surface area (Å²) < 4.78 is 0. The van der Waals surface area contributed by atoms with Crippen molar-refractivity contribution < 1.29 is 0 Å². The van der Waals surface area contributed by atoms with Crippen LogP contribution in [-0.4, -0.2) is 136 Å². The van der Waals surface area contributed by atoms with Crippen molar-refractivity contribution in [3.63, 3.8) is 0 Å². The van der Waals surface area contributed by atoms with Gasteiger partial charge in [0.1, 0.15) is 55.4 Å². The Balaban J connectivity index is -0.0000000937. The largest absolute Gasteiger partial charge is 0.265 e. The Kier molecular flexibility index (Phi) is 152. The van der Waals surface area contributed by atoms with E-state index in [2.05, 4.69) is 155 Å². The normalized spacial score (nSPS) is 8.03. The van der Waals surface area contributed by atoms with Crippen LogP contribution in [0.2, 0.25) is 0 Å². The third-order valence-corrected chi connectivity index (χ3v) is 11.3. The summed E-state index contributed by atoms with van der Waals surface area (Å²) in [7, 11) is 0. The van der Waals surface area contributed by atoms with Crippen LogP contribution in [0.25, 0.3) is 0 Å². The Labute approximate surface area is 747 Å². The summed E-state index contributed by atoms with van der Waals surface area (Å²) in [5.41, 5.74) is 10.7. The van der Waals surface area contributed by atoms with E-state index in [-0.39, 0.29) is 0 Å². The van der Waals surface area contributed by atoms with Crippen LogP contribution in [-0.2, 0) is 6.42 Å². The molecule has 0 aliphatic carbocycles.